The summed E-state index contributed by atoms with van der Waals surface area (Å²) >= 11 is 0. The number of carbonyl (C=O) groups excluding carboxylic acids is 2. The number of rotatable bonds is 4. The second-order valence-corrected chi connectivity index (χ2v) is 5.98. The lowest BCUT2D eigenvalue weighted by Gasteiger charge is -2.26. The lowest BCUT2D eigenvalue weighted by Crippen LogP contribution is -2.45. The van der Waals surface area contributed by atoms with E-state index >= 15 is 0 Å². The highest BCUT2D eigenvalue weighted by Crippen LogP contribution is 2.40. The summed E-state index contributed by atoms with van der Waals surface area (Å²) in [5.41, 5.74) is 10.4. The minimum atomic E-state index is -1.68. The van der Waals surface area contributed by atoms with Crippen molar-refractivity contribution in [2.75, 3.05) is 18.1 Å². The number of esters is 2. The zero-order valence-corrected chi connectivity index (χ0v) is 14.6. The summed E-state index contributed by atoms with van der Waals surface area (Å²) in [5, 5.41) is 9.68. The van der Waals surface area contributed by atoms with Crippen LogP contribution in [0.5, 0.6) is 0 Å². The highest BCUT2D eigenvalue weighted by atomic mass is 16.6. The number of nitriles is 1. The van der Waals surface area contributed by atoms with Gasteiger partial charge in [-0.1, -0.05) is 0 Å². The molecule has 1 aliphatic rings. The molecule has 1 fully saturated rings. The molecule has 3 heterocycles. The summed E-state index contributed by atoms with van der Waals surface area (Å²) in [6.45, 7) is 2.01. The molecule has 0 bridgehead atoms. The Morgan fingerprint density at radius 1 is 1.41 bits per heavy atom. The van der Waals surface area contributed by atoms with E-state index in [4.69, 9.17) is 25.7 Å². The maximum atomic E-state index is 11.5. The van der Waals surface area contributed by atoms with Gasteiger partial charge in [0.05, 0.1) is 6.33 Å². The van der Waals surface area contributed by atoms with Crippen molar-refractivity contribution in [3.05, 3.63) is 6.33 Å². The van der Waals surface area contributed by atoms with Crippen molar-refractivity contribution >= 4 is 34.9 Å². The topological polar surface area (TPSA) is 181 Å². The van der Waals surface area contributed by atoms with Gasteiger partial charge in [0.2, 0.25) is 11.5 Å². The van der Waals surface area contributed by atoms with Crippen molar-refractivity contribution in [1.82, 2.24) is 19.5 Å². The molecule has 27 heavy (non-hydrogen) atoms. The fraction of sp³-hybridized carbons (Fsp3) is 0.467. The number of hydrogen-bond acceptors (Lipinski definition) is 11. The number of nitrogen functional groups attached to an aromatic ring is 2. The molecule has 142 valence electrons. The number of hydrogen-bond donors (Lipinski definition) is 2. The van der Waals surface area contributed by atoms with Gasteiger partial charge in [-0.2, -0.15) is 15.2 Å². The van der Waals surface area contributed by atoms with Gasteiger partial charge in [0.25, 0.3) is 0 Å². The summed E-state index contributed by atoms with van der Waals surface area (Å²) in [5.74, 6) is -1.15. The van der Waals surface area contributed by atoms with Crippen molar-refractivity contribution in [1.29, 1.82) is 5.26 Å². The van der Waals surface area contributed by atoms with E-state index in [1.807, 2.05) is 6.07 Å². The van der Waals surface area contributed by atoms with Crippen LogP contribution in [-0.4, -0.2) is 49.8 Å². The molecule has 0 unspecified atom stereocenters. The Morgan fingerprint density at radius 3 is 2.78 bits per heavy atom. The Balaban J connectivity index is 1.99. The molecule has 0 radical (unpaired) electrons. The van der Waals surface area contributed by atoms with Gasteiger partial charge >= 0.3 is 11.9 Å². The molecule has 0 aliphatic carbocycles. The Morgan fingerprint density at radius 2 is 2.15 bits per heavy atom. The molecule has 4 N–H and O–H groups in total. The van der Waals surface area contributed by atoms with Crippen LogP contribution in [0.1, 0.15) is 26.5 Å². The molecule has 0 saturated carbocycles. The quantitative estimate of drug-likeness (QED) is 0.667. The number of fused-ring (bicyclic) bond motifs is 1. The Bertz CT molecular complexity index is 952. The summed E-state index contributed by atoms with van der Waals surface area (Å²) in [4.78, 5) is 34.7. The Kier molecular flexibility index (Phi) is 4.54. The first-order valence-corrected chi connectivity index (χ1v) is 7.91. The van der Waals surface area contributed by atoms with Gasteiger partial charge in [-0.15, -0.1) is 0 Å². The predicted octanol–water partition coefficient (Wildman–Crippen LogP) is -0.333. The van der Waals surface area contributed by atoms with Crippen LogP contribution in [0.15, 0.2) is 6.33 Å². The third-order valence-corrected chi connectivity index (χ3v) is 4.05. The van der Waals surface area contributed by atoms with Crippen molar-refractivity contribution in [2.24, 2.45) is 0 Å². The van der Waals surface area contributed by atoms with Gasteiger partial charge in [0.15, 0.2) is 17.6 Å². The van der Waals surface area contributed by atoms with Gasteiger partial charge < -0.3 is 25.7 Å². The average Bonchev–Trinajstić information content (AvgIpc) is 3.14. The predicted molar refractivity (Wildman–Crippen MR) is 89.4 cm³/mol. The Labute approximate surface area is 153 Å². The molecule has 0 aromatic carbocycles. The standard InChI is InChI=1S/C15H17N7O5/c1-7(23)25-5-15(4-16)9(26-8(2)24)3-10(27-15)22-6-19-11-12(17)20-14(18)21-13(11)22/h6,9-10H,3,5H2,1-2H3,(H4,17,18,20,21)/t9-,10+,15+/m0/s1. The smallest absolute Gasteiger partial charge is 0.303 e. The first kappa shape index (κ1) is 18.3. The molecule has 2 aromatic heterocycles. The lowest BCUT2D eigenvalue weighted by molar-refractivity contribution is -0.164. The summed E-state index contributed by atoms with van der Waals surface area (Å²) in [6, 6.07) is 1.96. The Hall–Kier alpha value is -3.46. The minimum Gasteiger partial charge on any atom is -0.461 e. The van der Waals surface area contributed by atoms with Crippen molar-refractivity contribution < 1.29 is 23.8 Å². The van der Waals surface area contributed by atoms with Crippen LogP contribution < -0.4 is 11.5 Å². The normalized spacial score (nSPS) is 24.5. The van der Waals surface area contributed by atoms with Crippen LogP contribution in [0.4, 0.5) is 11.8 Å². The lowest BCUT2D eigenvalue weighted by atomic mass is 9.99. The summed E-state index contributed by atoms with van der Waals surface area (Å²) in [7, 11) is 0. The third kappa shape index (κ3) is 3.32. The maximum absolute atomic E-state index is 11.5. The van der Waals surface area contributed by atoms with Crippen LogP contribution in [0.2, 0.25) is 0 Å². The average molecular weight is 375 g/mol. The number of carbonyl (C=O) groups is 2. The van der Waals surface area contributed by atoms with Crippen molar-refractivity contribution in [3.8, 4) is 6.07 Å². The number of nitrogens with zero attached hydrogens (tertiary/aromatic N) is 5. The van der Waals surface area contributed by atoms with Gasteiger partial charge in [0.1, 0.15) is 24.4 Å². The molecule has 1 saturated heterocycles. The van der Waals surface area contributed by atoms with E-state index in [9.17, 15) is 14.9 Å². The first-order chi connectivity index (χ1) is 12.8. The first-order valence-electron chi connectivity index (χ1n) is 7.91. The fourth-order valence-corrected chi connectivity index (χ4v) is 2.89. The largest absolute Gasteiger partial charge is 0.461 e. The van der Waals surface area contributed by atoms with E-state index in [0.29, 0.717) is 11.2 Å². The van der Waals surface area contributed by atoms with Gasteiger partial charge in [0, 0.05) is 20.3 Å². The molecule has 12 heteroatoms. The molecule has 12 nitrogen and oxygen atoms in total. The molecule has 3 atom stereocenters. The van der Waals surface area contributed by atoms with Crippen LogP contribution in [0.3, 0.4) is 0 Å². The summed E-state index contributed by atoms with van der Waals surface area (Å²) in [6.07, 6.45) is -0.255. The van der Waals surface area contributed by atoms with Gasteiger partial charge in [-0.25, -0.2) is 4.98 Å². The number of anilines is 2. The van der Waals surface area contributed by atoms with E-state index < -0.39 is 36.5 Å². The maximum Gasteiger partial charge on any atom is 0.303 e. The molecular formula is C15H17N7O5. The number of aromatic nitrogens is 4. The van der Waals surface area contributed by atoms with Crippen LogP contribution in [0, 0.1) is 11.3 Å². The van der Waals surface area contributed by atoms with Crippen LogP contribution in [0.25, 0.3) is 11.2 Å². The molecule has 3 rings (SSSR count). The number of ether oxygens (including phenoxy) is 3. The van der Waals surface area contributed by atoms with E-state index in [1.54, 1.807) is 0 Å². The van der Waals surface area contributed by atoms with E-state index in [1.165, 1.54) is 24.7 Å². The fourth-order valence-electron chi connectivity index (χ4n) is 2.89. The van der Waals surface area contributed by atoms with Crippen molar-refractivity contribution in [2.45, 2.75) is 38.2 Å². The zero-order valence-electron chi connectivity index (χ0n) is 14.6. The highest BCUT2D eigenvalue weighted by molar-refractivity contribution is 5.82. The number of imidazole rings is 1. The summed E-state index contributed by atoms with van der Waals surface area (Å²) < 4.78 is 17.6. The monoisotopic (exact) mass is 375 g/mol. The third-order valence-electron chi connectivity index (χ3n) is 4.05. The SMILES string of the molecule is CC(=O)OC[C@@]1(C#N)O[C@@H](n2cnc3c(N)nc(N)nc32)C[C@@H]1OC(C)=O. The van der Waals surface area contributed by atoms with Gasteiger partial charge in [-0.05, 0) is 0 Å². The molecular weight excluding hydrogens is 358 g/mol. The second kappa shape index (κ2) is 6.69. The van der Waals surface area contributed by atoms with Crippen molar-refractivity contribution in [3.63, 3.8) is 0 Å². The van der Waals surface area contributed by atoms with Crippen LogP contribution >= 0.6 is 0 Å². The molecule has 1 aliphatic heterocycles. The van der Waals surface area contributed by atoms with E-state index in [0.717, 1.165) is 0 Å². The van der Waals surface area contributed by atoms with Crippen LogP contribution in [-0.2, 0) is 23.8 Å². The van der Waals surface area contributed by atoms with E-state index in [2.05, 4.69) is 15.0 Å². The molecule has 0 spiro atoms. The second-order valence-electron chi connectivity index (χ2n) is 5.98. The number of nitrogens with two attached hydrogens (primary N) is 2. The zero-order chi connectivity index (χ0) is 19.8. The van der Waals surface area contributed by atoms with Gasteiger partial charge in [-0.3, -0.25) is 14.2 Å². The highest BCUT2D eigenvalue weighted by Gasteiger charge is 2.53. The molecule has 0 amide bonds. The minimum absolute atomic E-state index is 0.0530. The molecule has 2 aromatic rings. The van der Waals surface area contributed by atoms with E-state index in [-0.39, 0.29) is 18.2 Å².